The Morgan fingerprint density at radius 1 is 1.35 bits per heavy atom. The lowest BCUT2D eigenvalue weighted by atomic mass is 9.86. The molecule has 0 atom stereocenters. The molecular formula is C12H18N2O3. The first kappa shape index (κ1) is 13.5. The van der Waals surface area contributed by atoms with Crippen molar-refractivity contribution in [1.82, 2.24) is 10.6 Å². The molecule has 0 aromatic carbocycles. The number of amides is 1. The number of hydrogen-bond donors (Lipinski definition) is 3. The Morgan fingerprint density at radius 3 is 2.53 bits per heavy atom. The van der Waals surface area contributed by atoms with Crippen LogP contribution in [0.1, 0.15) is 25.7 Å². The predicted octanol–water partition coefficient (Wildman–Crippen LogP) is -0.0296. The number of nitrogens with one attached hydrogen (secondary N) is 2. The molecule has 0 radical (unpaired) electrons. The van der Waals surface area contributed by atoms with Crippen LogP contribution in [-0.4, -0.2) is 36.6 Å². The second-order valence-electron chi connectivity index (χ2n) is 4.38. The van der Waals surface area contributed by atoms with E-state index in [-0.39, 0.29) is 19.0 Å². The van der Waals surface area contributed by atoms with Gasteiger partial charge < -0.3 is 10.4 Å². The van der Waals surface area contributed by atoms with Gasteiger partial charge >= 0.3 is 5.97 Å². The van der Waals surface area contributed by atoms with Crippen LogP contribution in [0.4, 0.5) is 0 Å². The van der Waals surface area contributed by atoms with E-state index in [0.717, 1.165) is 12.8 Å². The zero-order chi connectivity index (χ0) is 12.7. The highest BCUT2D eigenvalue weighted by Crippen LogP contribution is 2.37. The first-order chi connectivity index (χ1) is 8.10. The monoisotopic (exact) mass is 238 g/mol. The third-order valence-corrected chi connectivity index (χ3v) is 3.15. The van der Waals surface area contributed by atoms with Crippen molar-refractivity contribution in [2.24, 2.45) is 5.41 Å². The van der Waals surface area contributed by atoms with E-state index in [4.69, 9.17) is 6.42 Å². The molecule has 0 spiro atoms. The maximum Gasteiger partial charge on any atom is 0.311 e. The lowest BCUT2D eigenvalue weighted by Gasteiger charge is -2.23. The molecule has 1 fully saturated rings. The van der Waals surface area contributed by atoms with E-state index in [2.05, 4.69) is 16.6 Å². The van der Waals surface area contributed by atoms with Gasteiger partial charge in [-0.1, -0.05) is 18.8 Å². The first-order valence-electron chi connectivity index (χ1n) is 5.75. The van der Waals surface area contributed by atoms with Crippen molar-refractivity contribution in [2.75, 3.05) is 19.6 Å². The summed E-state index contributed by atoms with van der Waals surface area (Å²) < 4.78 is 0. The summed E-state index contributed by atoms with van der Waals surface area (Å²) in [6.45, 7) is 0.663. The summed E-state index contributed by atoms with van der Waals surface area (Å²) in [5, 5.41) is 14.6. The number of hydrogen-bond acceptors (Lipinski definition) is 3. The molecule has 3 N–H and O–H groups in total. The Labute approximate surface area is 101 Å². The summed E-state index contributed by atoms with van der Waals surface area (Å²) in [5.41, 5.74) is -0.762. The smallest absolute Gasteiger partial charge is 0.311 e. The molecule has 17 heavy (non-hydrogen) atoms. The molecule has 0 bridgehead atoms. The lowest BCUT2D eigenvalue weighted by molar-refractivity contribution is -0.148. The van der Waals surface area contributed by atoms with Crippen LogP contribution < -0.4 is 10.6 Å². The van der Waals surface area contributed by atoms with Gasteiger partial charge in [0.25, 0.3) is 0 Å². The van der Waals surface area contributed by atoms with Gasteiger partial charge in [-0.2, -0.15) is 0 Å². The van der Waals surface area contributed by atoms with Gasteiger partial charge in [-0.3, -0.25) is 14.9 Å². The van der Waals surface area contributed by atoms with Crippen molar-refractivity contribution in [2.45, 2.75) is 25.7 Å². The minimum absolute atomic E-state index is 0.125. The highest BCUT2D eigenvalue weighted by atomic mass is 16.4. The van der Waals surface area contributed by atoms with Crippen molar-refractivity contribution in [1.29, 1.82) is 0 Å². The molecule has 0 unspecified atom stereocenters. The number of rotatable bonds is 6. The fourth-order valence-corrected chi connectivity index (χ4v) is 2.10. The number of carbonyl (C=O) groups excluding carboxylic acids is 1. The van der Waals surface area contributed by atoms with Crippen LogP contribution in [0.25, 0.3) is 0 Å². The van der Waals surface area contributed by atoms with E-state index in [0.29, 0.717) is 19.4 Å². The van der Waals surface area contributed by atoms with Crippen molar-refractivity contribution >= 4 is 11.9 Å². The van der Waals surface area contributed by atoms with E-state index in [1.807, 2.05) is 0 Å². The Morgan fingerprint density at radius 2 is 2.00 bits per heavy atom. The molecule has 0 saturated heterocycles. The van der Waals surface area contributed by atoms with E-state index in [1.54, 1.807) is 0 Å². The van der Waals surface area contributed by atoms with Crippen LogP contribution in [0.2, 0.25) is 0 Å². The average molecular weight is 238 g/mol. The molecule has 0 heterocycles. The number of aliphatic carboxylic acids is 1. The summed E-state index contributed by atoms with van der Waals surface area (Å²) >= 11 is 0. The van der Waals surface area contributed by atoms with Crippen LogP contribution in [0.5, 0.6) is 0 Å². The van der Waals surface area contributed by atoms with Gasteiger partial charge in [0.15, 0.2) is 0 Å². The van der Waals surface area contributed by atoms with Crippen molar-refractivity contribution in [3.05, 3.63) is 0 Å². The number of carbonyl (C=O) groups is 2. The van der Waals surface area contributed by atoms with Gasteiger partial charge in [0, 0.05) is 6.54 Å². The third-order valence-electron chi connectivity index (χ3n) is 3.15. The second-order valence-corrected chi connectivity index (χ2v) is 4.38. The zero-order valence-electron chi connectivity index (χ0n) is 9.79. The Bertz CT molecular complexity index is 327. The fraction of sp³-hybridized carbons (Fsp3) is 0.667. The highest BCUT2D eigenvalue weighted by Gasteiger charge is 2.41. The van der Waals surface area contributed by atoms with Crippen LogP contribution >= 0.6 is 0 Å². The Hall–Kier alpha value is -1.54. The molecule has 1 amide bonds. The molecule has 0 aromatic heterocycles. The van der Waals surface area contributed by atoms with Gasteiger partial charge in [0.05, 0.1) is 18.5 Å². The number of carboxylic acids is 1. The van der Waals surface area contributed by atoms with Crippen molar-refractivity contribution in [3.63, 3.8) is 0 Å². The quantitative estimate of drug-likeness (QED) is 0.448. The second kappa shape index (κ2) is 6.26. The molecule has 1 saturated carbocycles. The van der Waals surface area contributed by atoms with E-state index in [1.165, 1.54) is 0 Å². The zero-order valence-corrected chi connectivity index (χ0v) is 9.79. The Balaban J connectivity index is 2.35. The molecule has 0 aliphatic heterocycles. The Kier molecular flexibility index (Phi) is 4.98. The van der Waals surface area contributed by atoms with E-state index < -0.39 is 11.4 Å². The molecular weight excluding hydrogens is 220 g/mol. The highest BCUT2D eigenvalue weighted by molar-refractivity contribution is 5.80. The van der Waals surface area contributed by atoms with Gasteiger partial charge in [-0.25, -0.2) is 0 Å². The molecule has 5 nitrogen and oxygen atoms in total. The van der Waals surface area contributed by atoms with Crippen LogP contribution in [0.3, 0.4) is 0 Å². The van der Waals surface area contributed by atoms with E-state index >= 15 is 0 Å². The molecule has 1 rings (SSSR count). The summed E-state index contributed by atoms with van der Waals surface area (Å²) in [5.74, 6) is 1.33. The predicted molar refractivity (Wildman–Crippen MR) is 63.2 cm³/mol. The largest absolute Gasteiger partial charge is 0.481 e. The normalized spacial score (nSPS) is 17.4. The molecule has 94 valence electrons. The standard InChI is InChI=1S/C12H18N2O3/c1-2-7-13-8-10(15)14-9-12(11(16)17)5-3-4-6-12/h1,13H,3-9H2,(H,14,15)(H,16,17). The maximum absolute atomic E-state index is 11.4. The first-order valence-corrected chi connectivity index (χ1v) is 5.75. The minimum Gasteiger partial charge on any atom is -0.481 e. The van der Waals surface area contributed by atoms with Gasteiger partial charge in [0.1, 0.15) is 0 Å². The summed E-state index contributed by atoms with van der Waals surface area (Å²) in [6, 6.07) is 0. The van der Waals surface area contributed by atoms with Crippen LogP contribution in [0.15, 0.2) is 0 Å². The van der Waals surface area contributed by atoms with Crippen molar-refractivity contribution in [3.8, 4) is 12.3 Å². The summed E-state index contributed by atoms with van der Waals surface area (Å²) in [6.07, 6.45) is 8.13. The minimum atomic E-state index is -0.813. The maximum atomic E-state index is 11.4. The number of carboxylic acid groups (broad SMARTS) is 1. The molecule has 0 aromatic rings. The summed E-state index contributed by atoms with van der Waals surface area (Å²) in [4.78, 5) is 22.6. The van der Waals surface area contributed by atoms with Crippen molar-refractivity contribution < 1.29 is 14.7 Å². The number of terminal acetylenes is 1. The van der Waals surface area contributed by atoms with Gasteiger partial charge in [-0.05, 0) is 12.8 Å². The topological polar surface area (TPSA) is 78.4 Å². The van der Waals surface area contributed by atoms with Gasteiger partial charge in [0.2, 0.25) is 5.91 Å². The third kappa shape index (κ3) is 3.75. The van der Waals surface area contributed by atoms with Gasteiger partial charge in [-0.15, -0.1) is 6.42 Å². The van der Waals surface area contributed by atoms with E-state index in [9.17, 15) is 14.7 Å². The molecule has 1 aliphatic rings. The average Bonchev–Trinajstić information content (AvgIpc) is 2.77. The van der Waals surface area contributed by atoms with Crippen LogP contribution in [0, 0.1) is 17.8 Å². The fourth-order valence-electron chi connectivity index (χ4n) is 2.10. The molecule has 5 heteroatoms. The van der Waals surface area contributed by atoms with Crippen LogP contribution in [-0.2, 0) is 9.59 Å². The summed E-state index contributed by atoms with van der Waals surface area (Å²) in [7, 11) is 0. The SMILES string of the molecule is C#CCNCC(=O)NCC1(C(=O)O)CCCC1. The lowest BCUT2D eigenvalue weighted by Crippen LogP contribution is -2.44. The molecule has 1 aliphatic carbocycles.